The molecule has 7 nitrogen and oxygen atoms in total. The molecule has 0 fully saturated rings. The Kier molecular flexibility index (Phi) is 5.86. The Morgan fingerprint density at radius 3 is 2.33 bits per heavy atom. The molecule has 0 radical (unpaired) electrons. The van der Waals surface area contributed by atoms with E-state index in [1.54, 1.807) is 19.1 Å². The molecule has 0 saturated carbocycles. The van der Waals surface area contributed by atoms with Crippen LogP contribution in [0.4, 0.5) is 0 Å². The number of carbonyl (C=O) groups excluding carboxylic acids is 2. The first-order valence-electron chi connectivity index (χ1n) is 6.24. The maximum absolute atomic E-state index is 11.6. The summed E-state index contributed by atoms with van der Waals surface area (Å²) in [5.41, 5.74) is 6.11. The Hall–Kier alpha value is -1.93. The summed E-state index contributed by atoms with van der Waals surface area (Å²) in [5, 5.41) is 2.48. The lowest BCUT2D eigenvalue weighted by atomic mass is 10.2. The largest absolute Gasteiger partial charge is 0.464 e. The second-order valence-electron chi connectivity index (χ2n) is 4.36. The summed E-state index contributed by atoms with van der Waals surface area (Å²) in [6.07, 6.45) is 1.11. The molecule has 0 spiro atoms. The molecule has 0 heterocycles. The van der Waals surface area contributed by atoms with Gasteiger partial charge in [-0.2, -0.15) is 0 Å². The zero-order chi connectivity index (χ0) is 16.0. The number of ether oxygens (including phenoxy) is 1. The van der Waals surface area contributed by atoms with Gasteiger partial charge in [0.05, 0.1) is 11.5 Å². The van der Waals surface area contributed by atoms with Gasteiger partial charge in [0.1, 0.15) is 0 Å². The molecule has 1 unspecified atom stereocenters. The molecular weight excluding hydrogens is 296 g/mol. The molecule has 21 heavy (non-hydrogen) atoms. The highest BCUT2D eigenvalue weighted by molar-refractivity contribution is 7.90. The van der Waals surface area contributed by atoms with Gasteiger partial charge in [0, 0.05) is 12.8 Å². The van der Waals surface area contributed by atoms with Gasteiger partial charge in [-0.15, -0.1) is 0 Å². The van der Waals surface area contributed by atoms with Crippen LogP contribution in [-0.4, -0.2) is 39.2 Å². The smallest absolute Gasteiger partial charge is 0.332 e. The second-order valence-corrected chi connectivity index (χ2v) is 6.38. The van der Waals surface area contributed by atoms with Crippen LogP contribution in [-0.2, 0) is 30.7 Å². The molecule has 1 rings (SSSR count). The summed E-state index contributed by atoms with van der Waals surface area (Å²) < 4.78 is 27.2. The number of nitrogens with two attached hydrogens (primary N) is 1. The fraction of sp³-hybridized carbons (Fsp3) is 0.385. The van der Waals surface area contributed by atoms with E-state index in [2.05, 4.69) is 10.1 Å². The number of hydrogen-bond donors (Lipinski definition) is 2. The van der Waals surface area contributed by atoms with Gasteiger partial charge in [0.25, 0.3) is 0 Å². The van der Waals surface area contributed by atoms with E-state index < -0.39 is 27.8 Å². The molecule has 1 aromatic rings. The number of sulfone groups is 1. The highest BCUT2D eigenvalue weighted by Gasteiger charge is 2.22. The zero-order valence-corrected chi connectivity index (χ0v) is 12.6. The third-order valence-electron chi connectivity index (χ3n) is 2.64. The molecule has 0 saturated heterocycles. The fourth-order valence-electron chi connectivity index (χ4n) is 1.49. The predicted molar refractivity (Wildman–Crippen MR) is 76.0 cm³/mol. The number of amides is 1. The van der Waals surface area contributed by atoms with Crippen LogP contribution in [0.25, 0.3) is 0 Å². The third kappa shape index (κ3) is 5.16. The molecule has 1 aromatic carbocycles. The molecule has 0 aliphatic carbocycles. The number of carbonyl (C=O) groups is 2. The fourth-order valence-corrected chi connectivity index (χ4v) is 2.12. The normalized spacial score (nSPS) is 12.5. The standard InChI is InChI=1S/C13H18N2O5S/c1-3-20-13(17)11(14)12(16)15-8-9-4-6-10(7-5-9)21(2,18)19/h4-7,11H,3,8,14H2,1-2H3,(H,15,16). The van der Waals surface area contributed by atoms with Crippen molar-refractivity contribution < 1.29 is 22.7 Å². The molecule has 1 amide bonds. The number of esters is 1. The van der Waals surface area contributed by atoms with E-state index in [4.69, 9.17) is 5.73 Å². The van der Waals surface area contributed by atoms with Crippen molar-refractivity contribution in [3.8, 4) is 0 Å². The zero-order valence-electron chi connectivity index (χ0n) is 11.8. The number of benzene rings is 1. The highest BCUT2D eigenvalue weighted by atomic mass is 32.2. The third-order valence-corrected chi connectivity index (χ3v) is 3.77. The van der Waals surface area contributed by atoms with Crippen LogP contribution in [0.3, 0.4) is 0 Å². The van der Waals surface area contributed by atoms with E-state index in [0.717, 1.165) is 6.26 Å². The van der Waals surface area contributed by atoms with Crippen molar-refractivity contribution in [2.75, 3.05) is 12.9 Å². The monoisotopic (exact) mass is 314 g/mol. The maximum Gasteiger partial charge on any atom is 0.332 e. The van der Waals surface area contributed by atoms with Crippen molar-refractivity contribution in [2.45, 2.75) is 24.4 Å². The predicted octanol–water partition coefficient (Wildman–Crippen LogP) is -0.403. The minimum absolute atomic E-state index is 0.135. The molecule has 0 aromatic heterocycles. The van der Waals surface area contributed by atoms with Crippen LogP contribution >= 0.6 is 0 Å². The quantitative estimate of drug-likeness (QED) is 0.545. The van der Waals surface area contributed by atoms with Gasteiger partial charge in [-0.3, -0.25) is 4.79 Å². The van der Waals surface area contributed by atoms with Gasteiger partial charge in [-0.25, -0.2) is 13.2 Å². The van der Waals surface area contributed by atoms with Crippen molar-refractivity contribution in [3.05, 3.63) is 29.8 Å². The summed E-state index contributed by atoms with van der Waals surface area (Å²) >= 11 is 0. The van der Waals surface area contributed by atoms with Crippen LogP contribution in [0, 0.1) is 0 Å². The number of hydrogen-bond acceptors (Lipinski definition) is 6. The molecule has 116 valence electrons. The van der Waals surface area contributed by atoms with Crippen LogP contribution in [0.5, 0.6) is 0 Å². The summed E-state index contributed by atoms with van der Waals surface area (Å²) in [6, 6.07) is 4.67. The Labute approximate surface area is 123 Å². The van der Waals surface area contributed by atoms with Crippen molar-refractivity contribution in [1.29, 1.82) is 0 Å². The first-order chi connectivity index (χ1) is 9.75. The average Bonchev–Trinajstić information content (AvgIpc) is 2.43. The summed E-state index contributed by atoms with van der Waals surface area (Å²) in [5.74, 6) is -1.44. The van der Waals surface area contributed by atoms with E-state index in [1.807, 2.05) is 0 Å². The Morgan fingerprint density at radius 1 is 1.29 bits per heavy atom. The van der Waals surface area contributed by atoms with Crippen LogP contribution < -0.4 is 11.1 Å². The van der Waals surface area contributed by atoms with E-state index in [0.29, 0.717) is 5.56 Å². The highest BCUT2D eigenvalue weighted by Crippen LogP contribution is 2.10. The molecule has 0 aliphatic rings. The lowest BCUT2D eigenvalue weighted by Gasteiger charge is -2.11. The molecule has 3 N–H and O–H groups in total. The topological polar surface area (TPSA) is 116 Å². The van der Waals surface area contributed by atoms with Crippen molar-refractivity contribution in [3.63, 3.8) is 0 Å². The molecular formula is C13H18N2O5S. The average molecular weight is 314 g/mol. The minimum atomic E-state index is -3.25. The van der Waals surface area contributed by atoms with Crippen molar-refractivity contribution in [1.82, 2.24) is 5.32 Å². The summed E-state index contributed by atoms with van der Waals surface area (Å²) in [4.78, 5) is 23.1. The molecule has 1 atom stereocenters. The first kappa shape index (κ1) is 17.1. The van der Waals surface area contributed by atoms with Gasteiger partial charge in [-0.1, -0.05) is 12.1 Å². The van der Waals surface area contributed by atoms with Gasteiger partial charge >= 0.3 is 5.97 Å². The van der Waals surface area contributed by atoms with Gasteiger partial charge in [0.15, 0.2) is 15.9 Å². The van der Waals surface area contributed by atoms with E-state index >= 15 is 0 Å². The lowest BCUT2D eigenvalue weighted by molar-refractivity contribution is -0.148. The Balaban J connectivity index is 2.59. The lowest BCUT2D eigenvalue weighted by Crippen LogP contribution is -2.46. The van der Waals surface area contributed by atoms with Gasteiger partial charge in [0.2, 0.25) is 5.91 Å². The second kappa shape index (κ2) is 7.19. The van der Waals surface area contributed by atoms with Crippen LogP contribution in [0.15, 0.2) is 29.2 Å². The first-order valence-corrected chi connectivity index (χ1v) is 8.13. The van der Waals surface area contributed by atoms with Crippen molar-refractivity contribution in [2.24, 2.45) is 5.73 Å². The Morgan fingerprint density at radius 2 is 1.86 bits per heavy atom. The van der Waals surface area contributed by atoms with E-state index in [-0.39, 0.29) is 18.0 Å². The summed E-state index contributed by atoms with van der Waals surface area (Å²) in [6.45, 7) is 1.90. The number of nitrogens with one attached hydrogen (secondary N) is 1. The minimum Gasteiger partial charge on any atom is -0.464 e. The molecule has 0 aliphatic heterocycles. The van der Waals surface area contributed by atoms with Crippen LogP contribution in [0.1, 0.15) is 12.5 Å². The number of rotatable bonds is 6. The van der Waals surface area contributed by atoms with E-state index in [1.165, 1.54) is 12.1 Å². The van der Waals surface area contributed by atoms with E-state index in [9.17, 15) is 18.0 Å². The Bertz CT molecular complexity index is 610. The summed E-state index contributed by atoms with van der Waals surface area (Å²) in [7, 11) is -3.25. The van der Waals surface area contributed by atoms with Gasteiger partial charge < -0.3 is 15.8 Å². The molecule has 0 bridgehead atoms. The molecule has 8 heteroatoms. The maximum atomic E-state index is 11.6. The van der Waals surface area contributed by atoms with Gasteiger partial charge in [-0.05, 0) is 24.6 Å². The van der Waals surface area contributed by atoms with Crippen LogP contribution in [0.2, 0.25) is 0 Å². The SMILES string of the molecule is CCOC(=O)C(N)C(=O)NCc1ccc(S(C)(=O)=O)cc1. The van der Waals surface area contributed by atoms with Crippen molar-refractivity contribution >= 4 is 21.7 Å².